The number of amides is 1. The van der Waals surface area contributed by atoms with Gasteiger partial charge in [0.2, 0.25) is 5.91 Å². The first-order valence-corrected chi connectivity index (χ1v) is 11.5. The van der Waals surface area contributed by atoms with Crippen LogP contribution in [0.3, 0.4) is 0 Å². The normalized spacial score (nSPS) is 11.1. The van der Waals surface area contributed by atoms with Crippen LogP contribution in [0, 0.1) is 0 Å². The summed E-state index contributed by atoms with van der Waals surface area (Å²) in [5, 5.41) is 12.1. The van der Waals surface area contributed by atoms with E-state index < -0.39 is 0 Å². The third-order valence-electron chi connectivity index (χ3n) is 5.61. The molecular weight excluding hydrogens is 434 g/mol. The van der Waals surface area contributed by atoms with Gasteiger partial charge in [0, 0.05) is 41.5 Å². The summed E-state index contributed by atoms with van der Waals surface area (Å²) in [6.07, 6.45) is 9.00. The Bertz CT molecular complexity index is 1420. The van der Waals surface area contributed by atoms with Gasteiger partial charge in [-0.15, -0.1) is 0 Å². The third kappa shape index (κ3) is 5.62. The van der Waals surface area contributed by atoms with E-state index in [9.17, 15) is 4.79 Å². The maximum Gasteiger partial charge on any atom is 0.248 e. The molecule has 0 radical (unpaired) electrons. The monoisotopic (exact) mass is 459 g/mol. The summed E-state index contributed by atoms with van der Waals surface area (Å²) < 4.78 is 3.74. The summed E-state index contributed by atoms with van der Waals surface area (Å²) in [4.78, 5) is 12.8. The number of anilines is 1. The van der Waals surface area contributed by atoms with E-state index in [0.717, 1.165) is 33.6 Å². The van der Waals surface area contributed by atoms with Crippen LogP contribution in [-0.2, 0) is 17.9 Å². The first-order valence-electron chi connectivity index (χ1n) is 11.5. The molecule has 172 valence electrons. The van der Waals surface area contributed by atoms with E-state index in [1.54, 1.807) is 12.3 Å². The largest absolute Gasteiger partial charge is 0.322 e. The van der Waals surface area contributed by atoms with Gasteiger partial charge in [0.05, 0.1) is 18.8 Å². The van der Waals surface area contributed by atoms with Crippen LogP contribution in [-0.4, -0.2) is 25.5 Å². The Balaban J connectivity index is 1.37. The number of hydrogen-bond donors (Lipinski definition) is 1. The molecule has 0 aliphatic heterocycles. The van der Waals surface area contributed by atoms with E-state index in [2.05, 4.69) is 22.5 Å². The Morgan fingerprint density at radius 1 is 0.829 bits per heavy atom. The average Bonchev–Trinajstić information content (AvgIpc) is 3.55. The van der Waals surface area contributed by atoms with Gasteiger partial charge in [0.15, 0.2) is 0 Å². The minimum atomic E-state index is -0.201. The van der Waals surface area contributed by atoms with Gasteiger partial charge in [-0.05, 0) is 29.3 Å². The number of nitrogens with zero attached hydrogens (tertiary/aromatic N) is 4. The molecule has 1 amide bonds. The maximum atomic E-state index is 12.8. The van der Waals surface area contributed by atoms with Crippen LogP contribution in [0.4, 0.5) is 5.69 Å². The van der Waals surface area contributed by atoms with Crippen molar-refractivity contribution >= 4 is 17.7 Å². The first kappa shape index (κ1) is 22.1. The molecular formula is C29H25N5O. The van der Waals surface area contributed by atoms with Crippen LogP contribution in [0.25, 0.3) is 17.3 Å². The van der Waals surface area contributed by atoms with Crippen LogP contribution < -0.4 is 5.32 Å². The molecule has 6 nitrogen and oxygen atoms in total. The summed E-state index contributed by atoms with van der Waals surface area (Å²) in [6, 6.07) is 29.8. The molecule has 5 aromatic rings. The van der Waals surface area contributed by atoms with Crippen LogP contribution >= 0.6 is 0 Å². The van der Waals surface area contributed by atoms with Crippen molar-refractivity contribution in [3.8, 4) is 11.3 Å². The molecule has 0 saturated carbocycles. The van der Waals surface area contributed by atoms with Gasteiger partial charge in [-0.2, -0.15) is 10.2 Å². The van der Waals surface area contributed by atoms with Gasteiger partial charge in [-0.25, -0.2) is 0 Å². The number of carbonyl (C=O) groups excluding carboxylic acids is 1. The number of nitrogens with one attached hydrogen (secondary N) is 1. The molecule has 35 heavy (non-hydrogen) atoms. The summed E-state index contributed by atoms with van der Waals surface area (Å²) in [5.74, 6) is -0.201. The lowest BCUT2D eigenvalue weighted by Crippen LogP contribution is -2.11. The zero-order valence-corrected chi connectivity index (χ0v) is 19.2. The highest BCUT2D eigenvalue weighted by molar-refractivity contribution is 6.02. The van der Waals surface area contributed by atoms with E-state index in [0.29, 0.717) is 13.1 Å². The maximum absolute atomic E-state index is 12.8. The SMILES string of the molecule is O=C(/C=C/c1cn(Cc2ccccc2)nc1-c1ccccc1)Nc1ccccc1Cn1cccn1. The summed E-state index contributed by atoms with van der Waals surface area (Å²) >= 11 is 0. The topological polar surface area (TPSA) is 64.7 Å². The van der Waals surface area contributed by atoms with Crippen LogP contribution in [0.5, 0.6) is 0 Å². The van der Waals surface area contributed by atoms with Crippen molar-refractivity contribution < 1.29 is 4.79 Å². The van der Waals surface area contributed by atoms with E-state index in [4.69, 9.17) is 5.10 Å². The van der Waals surface area contributed by atoms with Crippen LogP contribution in [0.15, 0.2) is 116 Å². The molecule has 0 atom stereocenters. The molecule has 0 saturated heterocycles. The fourth-order valence-electron chi connectivity index (χ4n) is 3.92. The summed E-state index contributed by atoms with van der Waals surface area (Å²) in [5.41, 5.74) is 5.64. The second-order valence-electron chi connectivity index (χ2n) is 8.17. The van der Waals surface area contributed by atoms with Gasteiger partial charge in [-0.1, -0.05) is 78.9 Å². The van der Waals surface area contributed by atoms with Gasteiger partial charge in [-0.3, -0.25) is 14.2 Å². The lowest BCUT2D eigenvalue weighted by atomic mass is 10.1. The third-order valence-corrected chi connectivity index (χ3v) is 5.61. The predicted octanol–water partition coefficient (Wildman–Crippen LogP) is 5.50. The van der Waals surface area contributed by atoms with Crippen molar-refractivity contribution in [3.05, 3.63) is 132 Å². The molecule has 2 aromatic heterocycles. The molecule has 6 heteroatoms. The van der Waals surface area contributed by atoms with Crippen molar-refractivity contribution in [1.29, 1.82) is 0 Å². The van der Waals surface area contributed by atoms with Gasteiger partial charge in [0.25, 0.3) is 0 Å². The van der Waals surface area contributed by atoms with Crippen LogP contribution in [0.1, 0.15) is 16.7 Å². The quantitative estimate of drug-likeness (QED) is 0.312. The number of aromatic nitrogens is 4. The molecule has 0 spiro atoms. The Labute approximate surface area is 204 Å². The Morgan fingerprint density at radius 3 is 2.34 bits per heavy atom. The fraction of sp³-hybridized carbons (Fsp3) is 0.0690. The number of para-hydroxylation sites is 1. The lowest BCUT2D eigenvalue weighted by molar-refractivity contribution is -0.111. The Morgan fingerprint density at radius 2 is 1.57 bits per heavy atom. The molecule has 0 aliphatic carbocycles. The highest BCUT2D eigenvalue weighted by atomic mass is 16.1. The zero-order chi connectivity index (χ0) is 23.9. The van der Waals surface area contributed by atoms with E-state index in [-0.39, 0.29) is 5.91 Å². The Kier molecular flexibility index (Phi) is 6.62. The van der Waals surface area contributed by atoms with E-state index in [1.807, 2.05) is 107 Å². The zero-order valence-electron chi connectivity index (χ0n) is 19.2. The predicted molar refractivity (Wildman–Crippen MR) is 139 cm³/mol. The minimum absolute atomic E-state index is 0.201. The fourth-order valence-corrected chi connectivity index (χ4v) is 3.92. The molecule has 5 rings (SSSR count). The van der Waals surface area contributed by atoms with Crippen molar-refractivity contribution in [2.24, 2.45) is 0 Å². The highest BCUT2D eigenvalue weighted by Crippen LogP contribution is 2.24. The number of hydrogen-bond acceptors (Lipinski definition) is 3. The second kappa shape index (κ2) is 10.5. The highest BCUT2D eigenvalue weighted by Gasteiger charge is 2.11. The van der Waals surface area contributed by atoms with Crippen molar-refractivity contribution in [1.82, 2.24) is 19.6 Å². The number of benzene rings is 3. The molecule has 0 bridgehead atoms. The standard InChI is InChI=1S/C29H25N5O/c35-28(31-27-15-8-7-14-25(27)21-33-19-9-18-30-33)17-16-26-22-34(20-23-10-3-1-4-11-23)32-29(26)24-12-5-2-6-13-24/h1-19,22H,20-21H2,(H,31,35)/b17-16+. The first-order chi connectivity index (χ1) is 17.2. The summed E-state index contributed by atoms with van der Waals surface area (Å²) in [7, 11) is 0. The molecule has 0 aliphatic rings. The van der Waals surface area contributed by atoms with Gasteiger partial charge in [0.1, 0.15) is 0 Å². The minimum Gasteiger partial charge on any atom is -0.322 e. The molecule has 1 N–H and O–H groups in total. The average molecular weight is 460 g/mol. The van der Waals surface area contributed by atoms with Gasteiger partial charge < -0.3 is 5.32 Å². The number of carbonyl (C=O) groups is 1. The Hall–Kier alpha value is -4.71. The smallest absolute Gasteiger partial charge is 0.248 e. The second-order valence-corrected chi connectivity index (χ2v) is 8.17. The van der Waals surface area contributed by atoms with Crippen molar-refractivity contribution in [2.75, 3.05) is 5.32 Å². The van der Waals surface area contributed by atoms with Gasteiger partial charge >= 0.3 is 0 Å². The van der Waals surface area contributed by atoms with Crippen molar-refractivity contribution in [2.45, 2.75) is 13.1 Å². The van der Waals surface area contributed by atoms with Crippen LogP contribution in [0.2, 0.25) is 0 Å². The molecule has 0 unspecified atom stereocenters. The molecule has 0 fully saturated rings. The van der Waals surface area contributed by atoms with Crippen molar-refractivity contribution in [3.63, 3.8) is 0 Å². The van der Waals surface area contributed by atoms with E-state index in [1.165, 1.54) is 0 Å². The van der Waals surface area contributed by atoms with E-state index >= 15 is 0 Å². The lowest BCUT2D eigenvalue weighted by Gasteiger charge is -2.10. The molecule has 2 heterocycles. The summed E-state index contributed by atoms with van der Waals surface area (Å²) in [6.45, 7) is 1.24. The molecule has 3 aromatic carbocycles. The number of rotatable bonds is 8.